The second-order valence-corrected chi connectivity index (χ2v) is 6.90. The van der Waals surface area contributed by atoms with Crippen molar-refractivity contribution in [2.75, 3.05) is 6.54 Å². The molecule has 6 nitrogen and oxygen atoms in total. The Hall–Kier alpha value is -4.13. The standard InChI is InChI=1S/C24H20FN3O3/c25-18-8-9-20-17(15-27-21(20)13-18)10-11-26-24(30)22(14-19-7-4-12-31-19)28-23(29)16-5-2-1-3-6-16/h1-9,12-15,27H,10-11H2,(H,26,30)(H,28,29)/b22-14-. The summed E-state index contributed by atoms with van der Waals surface area (Å²) in [6.07, 6.45) is 5.30. The van der Waals surface area contributed by atoms with Crippen LogP contribution in [0.2, 0.25) is 0 Å². The van der Waals surface area contributed by atoms with Crippen LogP contribution in [-0.2, 0) is 11.2 Å². The number of aromatic nitrogens is 1. The van der Waals surface area contributed by atoms with E-state index in [2.05, 4.69) is 15.6 Å². The van der Waals surface area contributed by atoms with E-state index in [-0.39, 0.29) is 11.5 Å². The van der Waals surface area contributed by atoms with Crippen molar-refractivity contribution in [1.82, 2.24) is 15.6 Å². The summed E-state index contributed by atoms with van der Waals surface area (Å²) >= 11 is 0. The van der Waals surface area contributed by atoms with E-state index in [4.69, 9.17) is 4.42 Å². The van der Waals surface area contributed by atoms with Gasteiger partial charge >= 0.3 is 0 Å². The number of rotatable bonds is 7. The molecule has 2 amide bonds. The average Bonchev–Trinajstić information content (AvgIpc) is 3.43. The third-order valence-electron chi connectivity index (χ3n) is 4.77. The normalized spacial score (nSPS) is 11.5. The predicted octanol–water partition coefficient (Wildman–Crippen LogP) is 4.03. The van der Waals surface area contributed by atoms with E-state index in [9.17, 15) is 14.0 Å². The largest absolute Gasteiger partial charge is 0.465 e. The van der Waals surface area contributed by atoms with Crippen LogP contribution in [0.3, 0.4) is 0 Å². The van der Waals surface area contributed by atoms with E-state index in [1.807, 2.05) is 6.07 Å². The quantitative estimate of drug-likeness (QED) is 0.397. The van der Waals surface area contributed by atoms with Crippen LogP contribution in [0, 0.1) is 5.82 Å². The van der Waals surface area contributed by atoms with Crippen LogP contribution in [0.15, 0.2) is 83.2 Å². The van der Waals surface area contributed by atoms with Crippen LogP contribution in [0.5, 0.6) is 0 Å². The molecule has 31 heavy (non-hydrogen) atoms. The van der Waals surface area contributed by atoms with Gasteiger partial charge in [0.15, 0.2) is 0 Å². The van der Waals surface area contributed by atoms with E-state index in [0.717, 1.165) is 10.9 Å². The molecule has 0 unspecified atom stereocenters. The molecule has 0 saturated heterocycles. The zero-order chi connectivity index (χ0) is 21.6. The maximum Gasteiger partial charge on any atom is 0.267 e. The molecule has 0 bridgehead atoms. The summed E-state index contributed by atoms with van der Waals surface area (Å²) in [4.78, 5) is 28.3. The number of aromatic amines is 1. The number of carbonyl (C=O) groups is 2. The fourth-order valence-electron chi connectivity index (χ4n) is 3.23. The Labute approximate surface area is 177 Å². The van der Waals surface area contributed by atoms with Gasteiger partial charge in [0.25, 0.3) is 11.8 Å². The highest BCUT2D eigenvalue weighted by molar-refractivity contribution is 6.05. The predicted molar refractivity (Wildman–Crippen MR) is 116 cm³/mol. The van der Waals surface area contributed by atoms with E-state index >= 15 is 0 Å². The highest BCUT2D eigenvalue weighted by Crippen LogP contribution is 2.19. The lowest BCUT2D eigenvalue weighted by atomic mass is 10.1. The van der Waals surface area contributed by atoms with Crippen molar-refractivity contribution in [1.29, 1.82) is 0 Å². The van der Waals surface area contributed by atoms with Gasteiger partial charge in [-0.05, 0) is 54.4 Å². The number of nitrogens with one attached hydrogen (secondary N) is 3. The van der Waals surface area contributed by atoms with E-state index < -0.39 is 11.8 Å². The van der Waals surface area contributed by atoms with E-state index in [1.54, 1.807) is 48.7 Å². The number of hydrogen-bond donors (Lipinski definition) is 3. The van der Waals surface area contributed by atoms with E-state index in [1.165, 1.54) is 24.5 Å². The molecule has 0 radical (unpaired) electrons. The minimum Gasteiger partial charge on any atom is -0.465 e. The molecule has 0 saturated carbocycles. The van der Waals surface area contributed by atoms with Gasteiger partial charge in [-0.3, -0.25) is 9.59 Å². The molecule has 2 aromatic carbocycles. The molecule has 0 spiro atoms. The topological polar surface area (TPSA) is 87.1 Å². The molecule has 156 valence electrons. The first-order chi connectivity index (χ1) is 15.1. The number of H-pyrrole nitrogens is 1. The van der Waals surface area contributed by atoms with Gasteiger partial charge in [-0.25, -0.2) is 4.39 Å². The van der Waals surface area contributed by atoms with Crippen molar-refractivity contribution in [3.63, 3.8) is 0 Å². The van der Waals surface area contributed by atoms with Gasteiger partial charge in [0.05, 0.1) is 6.26 Å². The number of amides is 2. The molecule has 2 heterocycles. The van der Waals surface area contributed by atoms with Crippen molar-refractivity contribution in [3.05, 3.63) is 102 Å². The number of benzene rings is 2. The SMILES string of the molecule is O=C(NCCc1c[nH]c2cc(F)ccc12)/C(=C/c1ccco1)NC(=O)c1ccccc1. The van der Waals surface area contributed by atoms with Gasteiger partial charge in [-0.1, -0.05) is 18.2 Å². The van der Waals surface area contributed by atoms with Crippen molar-refractivity contribution < 1.29 is 18.4 Å². The first-order valence-corrected chi connectivity index (χ1v) is 9.75. The summed E-state index contributed by atoms with van der Waals surface area (Å²) in [5.74, 6) is -0.702. The van der Waals surface area contributed by atoms with Crippen LogP contribution in [0.25, 0.3) is 17.0 Å². The second kappa shape index (κ2) is 9.13. The molecule has 0 aliphatic rings. The minimum absolute atomic E-state index is 0.0739. The van der Waals surface area contributed by atoms with Crippen molar-refractivity contribution in [2.24, 2.45) is 0 Å². The average molecular weight is 417 g/mol. The van der Waals surface area contributed by atoms with Crippen LogP contribution in [-0.4, -0.2) is 23.3 Å². The molecule has 2 aromatic heterocycles. The van der Waals surface area contributed by atoms with Gasteiger partial charge in [-0.2, -0.15) is 0 Å². The Kier molecular flexibility index (Phi) is 5.93. The third-order valence-corrected chi connectivity index (χ3v) is 4.77. The van der Waals surface area contributed by atoms with E-state index in [0.29, 0.717) is 29.8 Å². The van der Waals surface area contributed by atoms with Crippen molar-refractivity contribution >= 4 is 28.8 Å². The Morgan fingerprint density at radius 2 is 1.90 bits per heavy atom. The summed E-state index contributed by atoms with van der Waals surface area (Å²) in [7, 11) is 0. The smallest absolute Gasteiger partial charge is 0.267 e. The molecule has 0 aliphatic heterocycles. The first-order valence-electron chi connectivity index (χ1n) is 9.75. The second-order valence-electron chi connectivity index (χ2n) is 6.90. The van der Waals surface area contributed by atoms with Crippen LogP contribution in [0.1, 0.15) is 21.7 Å². The number of carbonyl (C=O) groups excluding carboxylic acids is 2. The monoisotopic (exact) mass is 417 g/mol. The molecule has 0 fully saturated rings. The first kappa shape index (κ1) is 20.2. The Balaban J connectivity index is 1.44. The molecule has 0 aliphatic carbocycles. The summed E-state index contributed by atoms with van der Waals surface area (Å²) in [5.41, 5.74) is 2.17. The number of fused-ring (bicyclic) bond motifs is 1. The lowest BCUT2D eigenvalue weighted by Crippen LogP contribution is -2.35. The molecule has 0 atom stereocenters. The molecule has 3 N–H and O–H groups in total. The molecule has 7 heteroatoms. The number of furan rings is 1. The summed E-state index contributed by atoms with van der Waals surface area (Å²) in [6.45, 7) is 0.333. The maximum atomic E-state index is 13.3. The Morgan fingerprint density at radius 3 is 2.68 bits per heavy atom. The van der Waals surface area contributed by atoms with Gasteiger partial charge in [0.2, 0.25) is 0 Å². The molecule has 4 aromatic rings. The molecular weight excluding hydrogens is 397 g/mol. The van der Waals surface area contributed by atoms with Crippen LogP contribution < -0.4 is 10.6 Å². The number of halogens is 1. The van der Waals surface area contributed by atoms with Crippen LogP contribution >= 0.6 is 0 Å². The third kappa shape index (κ3) is 4.90. The van der Waals surface area contributed by atoms with Crippen molar-refractivity contribution in [2.45, 2.75) is 6.42 Å². The lowest BCUT2D eigenvalue weighted by Gasteiger charge is -2.11. The van der Waals surface area contributed by atoms with Crippen LogP contribution in [0.4, 0.5) is 4.39 Å². The zero-order valence-corrected chi connectivity index (χ0v) is 16.5. The highest BCUT2D eigenvalue weighted by atomic mass is 19.1. The Morgan fingerprint density at radius 1 is 1.06 bits per heavy atom. The van der Waals surface area contributed by atoms with Gasteiger partial charge < -0.3 is 20.0 Å². The maximum absolute atomic E-state index is 13.3. The van der Waals surface area contributed by atoms with Gasteiger partial charge in [0, 0.05) is 35.3 Å². The van der Waals surface area contributed by atoms with Crippen molar-refractivity contribution in [3.8, 4) is 0 Å². The molecule has 4 rings (SSSR count). The molecular formula is C24H20FN3O3. The summed E-state index contributed by atoms with van der Waals surface area (Å²) < 4.78 is 18.6. The Bertz CT molecular complexity index is 1230. The minimum atomic E-state index is -0.438. The summed E-state index contributed by atoms with van der Waals surface area (Å²) in [5, 5.41) is 6.37. The fourth-order valence-corrected chi connectivity index (χ4v) is 3.23. The number of hydrogen-bond acceptors (Lipinski definition) is 3. The lowest BCUT2D eigenvalue weighted by molar-refractivity contribution is -0.117. The van der Waals surface area contributed by atoms with Gasteiger partial charge in [0.1, 0.15) is 17.3 Å². The van der Waals surface area contributed by atoms with Gasteiger partial charge in [-0.15, -0.1) is 0 Å². The highest BCUT2D eigenvalue weighted by Gasteiger charge is 2.15. The fraction of sp³-hybridized carbons (Fsp3) is 0.0833. The summed E-state index contributed by atoms with van der Waals surface area (Å²) in [6, 6.07) is 16.6. The zero-order valence-electron chi connectivity index (χ0n) is 16.5.